The largest absolute Gasteiger partial charge is 0.506 e. The Morgan fingerprint density at radius 3 is 3.05 bits per heavy atom. The molecule has 0 bridgehead atoms. The third-order valence-electron chi connectivity index (χ3n) is 2.65. The number of rotatable bonds is 3. The van der Waals surface area contributed by atoms with E-state index in [4.69, 9.17) is 4.74 Å². The van der Waals surface area contributed by atoms with Crippen LogP contribution in [0, 0.1) is 0 Å². The number of anilines is 1. The summed E-state index contributed by atoms with van der Waals surface area (Å²) >= 11 is 3.29. The van der Waals surface area contributed by atoms with E-state index >= 15 is 0 Å². The van der Waals surface area contributed by atoms with Gasteiger partial charge in [-0.15, -0.1) is 12.4 Å². The van der Waals surface area contributed by atoms with Crippen LogP contribution in [0.3, 0.4) is 0 Å². The molecule has 1 atom stereocenters. The molecule has 1 aliphatic rings. The van der Waals surface area contributed by atoms with Crippen LogP contribution in [0.4, 0.5) is 5.69 Å². The Kier molecular flexibility index (Phi) is 6.57. The lowest BCUT2D eigenvalue weighted by Crippen LogP contribution is -2.40. The van der Waals surface area contributed by atoms with Gasteiger partial charge in [-0.25, -0.2) is 0 Å². The van der Waals surface area contributed by atoms with Crippen molar-refractivity contribution < 1.29 is 14.6 Å². The second kappa shape index (κ2) is 7.69. The summed E-state index contributed by atoms with van der Waals surface area (Å²) in [7, 11) is 0. The molecule has 1 amide bonds. The Morgan fingerprint density at radius 1 is 1.58 bits per heavy atom. The third kappa shape index (κ3) is 4.99. The van der Waals surface area contributed by atoms with Crippen LogP contribution in [0.1, 0.15) is 6.42 Å². The summed E-state index contributed by atoms with van der Waals surface area (Å²) in [5.41, 5.74) is 0.401. The predicted octanol–water partition coefficient (Wildman–Crippen LogP) is 1.89. The zero-order valence-corrected chi connectivity index (χ0v) is 12.6. The van der Waals surface area contributed by atoms with Crippen molar-refractivity contribution >= 4 is 39.9 Å². The number of amides is 1. The van der Waals surface area contributed by atoms with Crippen molar-refractivity contribution in [3.05, 3.63) is 22.7 Å². The van der Waals surface area contributed by atoms with Gasteiger partial charge in [-0.2, -0.15) is 0 Å². The molecule has 1 heterocycles. The molecule has 2 rings (SSSR count). The molecule has 0 aliphatic carbocycles. The normalized spacial score (nSPS) is 18.5. The number of ether oxygens (including phenoxy) is 1. The van der Waals surface area contributed by atoms with Crippen LogP contribution in [0.5, 0.6) is 5.75 Å². The molecule has 0 spiro atoms. The zero-order valence-electron chi connectivity index (χ0n) is 10.2. The van der Waals surface area contributed by atoms with Gasteiger partial charge in [0, 0.05) is 17.6 Å². The number of phenols is 1. The standard InChI is InChI=1S/C12H15BrN2O3.ClH/c13-8-1-2-11(16)10(5-8)15-12(17)6-9-7-14-3-4-18-9;/h1-2,5,9,14,16H,3-4,6-7H2,(H,15,17);1H. The zero-order chi connectivity index (χ0) is 13.0. The van der Waals surface area contributed by atoms with Crippen LogP contribution in [-0.4, -0.2) is 36.8 Å². The molecular formula is C12H16BrClN2O3. The molecule has 106 valence electrons. The summed E-state index contributed by atoms with van der Waals surface area (Å²) in [5, 5.41) is 15.4. The maximum atomic E-state index is 11.8. The van der Waals surface area contributed by atoms with Crippen molar-refractivity contribution in [3.63, 3.8) is 0 Å². The van der Waals surface area contributed by atoms with E-state index in [0.717, 1.165) is 11.0 Å². The molecular weight excluding hydrogens is 336 g/mol. The highest BCUT2D eigenvalue weighted by atomic mass is 79.9. The van der Waals surface area contributed by atoms with Gasteiger partial charge in [0.25, 0.3) is 0 Å². The minimum atomic E-state index is -0.169. The van der Waals surface area contributed by atoms with Crippen LogP contribution in [0.15, 0.2) is 22.7 Å². The van der Waals surface area contributed by atoms with E-state index in [1.807, 2.05) is 0 Å². The minimum absolute atomic E-state index is 0. The Balaban J connectivity index is 0.00000180. The minimum Gasteiger partial charge on any atom is -0.506 e. The fourth-order valence-corrected chi connectivity index (χ4v) is 2.13. The Hall–Kier alpha value is -0.820. The molecule has 1 aromatic carbocycles. The van der Waals surface area contributed by atoms with Crippen molar-refractivity contribution in [1.82, 2.24) is 5.32 Å². The Morgan fingerprint density at radius 2 is 2.37 bits per heavy atom. The Bertz CT molecular complexity index is 439. The van der Waals surface area contributed by atoms with Crippen LogP contribution in [-0.2, 0) is 9.53 Å². The topological polar surface area (TPSA) is 70.6 Å². The van der Waals surface area contributed by atoms with Gasteiger partial charge < -0.3 is 20.5 Å². The first-order valence-corrected chi connectivity index (χ1v) is 6.55. The van der Waals surface area contributed by atoms with E-state index in [1.165, 1.54) is 6.07 Å². The number of carbonyl (C=O) groups excluding carboxylic acids is 1. The van der Waals surface area contributed by atoms with E-state index in [2.05, 4.69) is 26.6 Å². The van der Waals surface area contributed by atoms with E-state index in [9.17, 15) is 9.90 Å². The highest BCUT2D eigenvalue weighted by Crippen LogP contribution is 2.26. The number of morpholine rings is 1. The Labute approximate surface area is 126 Å². The van der Waals surface area contributed by atoms with Crippen molar-refractivity contribution in [1.29, 1.82) is 0 Å². The first-order chi connectivity index (χ1) is 8.65. The molecule has 7 heteroatoms. The third-order valence-corrected chi connectivity index (χ3v) is 3.14. The molecule has 19 heavy (non-hydrogen) atoms. The number of hydrogen-bond donors (Lipinski definition) is 3. The van der Waals surface area contributed by atoms with Crippen molar-refractivity contribution in [2.75, 3.05) is 25.0 Å². The van der Waals surface area contributed by atoms with Crippen molar-refractivity contribution in [2.24, 2.45) is 0 Å². The van der Waals surface area contributed by atoms with E-state index in [0.29, 0.717) is 18.8 Å². The summed E-state index contributed by atoms with van der Waals surface area (Å²) in [4.78, 5) is 11.8. The SMILES string of the molecule is Cl.O=C(CC1CNCCO1)Nc1cc(Br)ccc1O. The molecule has 1 fully saturated rings. The molecule has 1 aliphatic heterocycles. The van der Waals surface area contributed by atoms with Gasteiger partial charge in [0.15, 0.2) is 0 Å². The van der Waals surface area contributed by atoms with Gasteiger partial charge in [-0.3, -0.25) is 4.79 Å². The van der Waals surface area contributed by atoms with Gasteiger partial charge in [-0.05, 0) is 18.2 Å². The summed E-state index contributed by atoms with van der Waals surface area (Å²) in [6, 6.07) is 4.89. The van der Waals surface area contributed by atoms with E-state index < -0.39 is 0 Å². The highest BCUT2D eigenvalue weighted by Gasteiger charge is 2.18. The fraction of sp³-hybridized carbons (Fsp3) is 0.417. The monoisotopic (exact) mass is 350 g/mol. The van der Waals surface area contributed by atoms with E-state index in [-0.39, 0.29) is 36.6 Å². The summed E-state index contributed by atoms with van der Waals surface area (Å²) in [5.74, 6) is -0.119. The molecule has 0 radical (unpaired) electrons. The number of aromatic hydroxyl groups is 1. The maximum absolute atomic E-state index is 11.8. The number of halogens is 2. The lowest BCUT2D eigenvalue weighted by Gasteiger charge is -2.23. The van der Waals surface area contributed by atoms with Gasteiger partial charge in [0.1, 0.15) is 5.75 Å². The fourth-order valence-electron chi connectivity index (χ4n) is 1.77. The molecule has 3 N–H and O–H groups in total. The predicted molar refractivity (Wildman–Crippen MR) is 78.9 cm³/mol. The summed E-state index contributed by atoms with van der Waals surface area (Å²) < 4.78 is 6.24. The first kappa shape index (κ1) is 16.2. The second-order valence-corrected chi connectivity index (χ2v) is 5.03. The average molecular weight is 352 g/mol. The molecule has 5 nitrogen and oxygen atoms in total. The molecule has 1 saturated heterocycles. The lowest BCUT2D eigenvalue weighted by molar-refractivity contribution is -0.119. The maximum Gasteiger partial charge on any atom is 0.227 e. The van der Waals surface area contributed by atoms with Crippen LogP contribution in [0.25, 0.3) is 0 Å². The average Bonchev–Trinajstić information content (AvgIpc) is 2.35. The van der Waals surface area contributed by atoms with E-state index in [1.54, 1.807) is 12.1 Å². The second-order valence-electron chi connectivity index (χ2n) is 4.11. The molecule has 1 aromatic rings. The molecule has 0 aromatic heterocycles. The smallest absolute Gasteiger partial charge is 0.227 e. The highest BCUT2D eigenvalue weighted by molar-refractivity contribution is 9.10. The number of carbonyl (C=O) groups is 1. The number of hydrogen-bond acceptors (Lipinski definition) is 4. The number of phenolic OH excluding ortho intramolecular Hbond substituents is 1. The van der Waals surface area contributed by atoms with Gasteiger partial charge >= 0.3 is 0 Å². The number of nitrogens with one attached hydrogen (secondary N) is 2. The molecule has 1 unspecified atom stereocenters. The van der Waals surface area contributed by atoms with Crippen LogP contribution >= 0.6 is 28.3 Å². The van der Waals surface area contributed by atoms with Gasteiger partial charge in [-0.1, -0.05) is 15.9 Å². The molecule has 0 saturated carbocycles. The van der Waals surface area contributed by atoms with Gasteiger partial charge in [0.05, 0.1) is 24.8 Å². The van der Waals surface area contributed by atoms with Crippen LogP contribution in [0.2, 0.25) is 0 Å². The van der Waals surface area contributed by atoms with Crippen molar-refractivity contribution in [3.8, 4) is 5.75 Å². The lowest BCUT2D eigenvalue weighted by atomic mass is 10.2. The number of benzene rings is 1. The summed E-state index contributed by atoms with van der Waals surface area (Å²) in [6.45, 7) is 2.13. The van der Waals surface area contributed by atoms with Gasteiger partial charge in [0.2, 0.25) is 5.91 Å². The quantitative estimate of drug-likeness (QED) is 0.727. The first-order valence-electron chi connectivity index (χ1n) is 5.76. The van der Waals surface area contributed by atoms with Crippen molar-refractivity contribution in [2.45, 2.75) is 12.5 Å². The summed E-state index contributed by atoms with van der Waals surface area (Å²) in [6.07, 6.45) is 0.173. The van der Waals surface area contributed by atoms with Crippen LogP contribution < -0.4 is 10.6 Å².